The van der Waals surface area contributed by atoms with Crippen LogP contribution in [0, 0.1) is 17.3 Å². The van der Waals surface area contributed by atoms with E-state index in [9.17, 15) is 9.90 Å². The van der Waals surface area contributed by atoms with Crippen LogP contribution >= 0.6 is 0 Å². The molecule has 1 N–H and O–H groups in total. The van der Waals surface area contributed by atoms with Gasteiger partial charge in [-0.15, -0.1) is 0 Å². The first-order valence-corrected chi connectivity index (χ1v) is 7.43. The Morgan fingerprint density at radius 2 is 1.89 bits per heavy atom. The average molecular weight is 254 g/mol. The maximum Gasteiger partial charge on any atom is 0.120 e. The lowest BCUT2D eigenvalue weighted by molar-refractivity contribution is -0.110. The molecule has 0 spiro atoms. The molecule has 0 aromatic heterocycles. The Labute approximate surface area is 112 Å². The van der Waals surface area contributed by atoms with Crippen LogP contribution in [0.2, 0.25) is 0 Å². The number of rotatable bonds is 6. The van der Waals surface area contributed by atoms with Gasteiger partial charge in [-0.05, 0) is 56.8 Å². The summed E-state index contributed by atoms with van der Waals surface area (Å²) in [5.41, 5.74) is -0.264. The molecule has 1 aliphatic rings. The minimum absolute atomic E-state index is 0.277. The van der Waals surface area contributed by atoms with Gasteiger partial charge in [0, 0.05) is 6.42 Å². The first-order chi connectivity index (χ1) is 8.27. The van der Waals surface area contributed by atoms with E-state index >= 15 is 0 Å². The van der Waals surface area contributed by atoms with Crippen molar-refractivity contribution < 1.29 is 9.90 Å². The predicted octanol–water partition coefficient (Wildman–Crippen LogP) is 3.96. The number of hydrogen-bond acceptors (Lipinski definition) is 2. The zero-order valence-corrected chi connectivity index (χ0v) is 12.5. The summed E-state index contributed by atoms with van der Waals surface area (Å²) in [7, 11) is 0. The molecule has 0 amide bonds. The fourth-order valence-electron chi connectivity index (χ4n) is 3.52. The Balaban J connectivity index is 2.51. The van der Waals surface area contributed by atoms with Crippen LogP contribution in [-0.2, 0) is 4.79 Å². The number of carbonyl (C=O) groups is 1. The maximum absolute atomic E-state index is 10.8. The molecule has 1 saturated carbocycles. The van der Waals surface area contributed by atoms with Gasteiger partial charge >= 0.3 is 0 Å². The minimum atomic E-state index is -0.541. The molecule has 2 atom stereocenters. The zero-order valence-electron chi connectivity index (χ0n) is 12.5. The SMILES string of the molecule is CC(C)(O)CCCC1CCCC(CC=O)C1(C)C. The normalized spacial score (nSPS) is 28.1. The van der Waals surface area contributed by atoms with Gasteiger partial charge in [-0.25, -0.2) is 0 Å². The summed E-state index contributed by atoms with van der Waals surface area (Å²) >= 11 is 0. The number of aldehydes is 1. The largest absolute Gasteiger partial charge is 0.390 e. The molecule has 1 aliphatic carbocycles. The zero-order chi connectivity index (χ0) is 13.8. The van der Waals surface area contributed by atoms with E-state index in [2.05, 4.69) is 13.8 Å². The van der Waals surface area contributed by atoms with E-state index in [0.29, 0.717) is 11.8 Å². The van der Waals surface area contributed by atoms with Crippen molar-refractivity contribution in [3.05, 3.63) is 0 Å². The van der Waals surface area contributed by atoms with E-state index in [1.165, 1.54) is 25.7 Å². The summed E-state index contributed by atoms with van der Waals surface area (Å²) < 4.78 is 0. The molecule has 2 nitrogen and oxygen atoms in total. The fourth-order valence-corrected chi connectivity index (χ4v) is 3.52. The van der Waals surface area contributed by atoms with Crippen molar-refractivity contribution in [3.63, 3.8) is 0 Å². The third kappa shape index (κ3) is 4.38. The Morgan fingerprint density at radius 3 is 2.44 bits per heavy atom. The first kappa shape index (κ1) is 15.7. The Kier molecular flexibility index (Phi) is 5.39. The molecule has 106 valence electrons. The lowest BCUT2D eigenvalue weighted by atomic mass is 9.60. The van der Waals surface area contributed by atoms with Crippen molar-refractivity contribution >= 4 is 6.29 Å². The Bertz CT molecular complexity index is 263. The lowest BCUT2D eigenvalue weighted by Gasteiger charge is -2.45. The van der Waals surface area contributed by atoms with Gasteiger partial charge in [0.05, 0.1) is 5.60 Å². The van der Waals surface area contributed by atoms with E-state index in [1.54, 1.807) is 0 Å². The van der Waals surface area contributed by atoms with Gasteiger partial charge in [0.2, 0.25) is 0 Å². The second-order valence-electron chi connectivity index (χ2n) is 7.25. The fraction of sp³-hybridized carbons (Fsp3) is 0.938. The second-order valence-corrected chi connectivity index (χ2v) is 7.25. The molecule has 2 unspecified atom stereocenters. The van der Waals surface area contributed by atoms with Crippen molar-refractivity contribution in [1.29, 1.82) is 0 Å². The van der Waals surface area contributed by atoms with E-state index in [4.69, 9.17) is 0 Å². The summed E-state index contributed by atoms with van der Waals surface area (Å²) in [5, 5.41) is 9.77. The highest BCUT2D eigenvalue weighted by Crippen LogP contribution is 2.48. The van der Waals surface area contributed by atoms with Crippen molar-refractivity contribution in [2.75, 3.05) is 0 Å². The standard InChI is InChI=1S/C16H30O2/c1-15(2,18)11-6-9-13-7-5-8-14(10-12-17)16(13,3)4/h12-14,18H,5-11H2,1-4H3. The van der Waals surface area contributed by atoms with Crippen LogP contribution in [0.5, 0.6) is 0 Å². The minimum Gasteiger partial charge on any atom is -0.390 e. The topological polar surface area (TPSA) is 37.3 Å². The molecule has 0 radical (unpaired) electrons. The van der Waals surface area contributed by atoms with E-state index in [0.717, 1.165) is 25.5 Å². The van der Waals surface area contributed by atoms with E-state index in [1.807, 2.05) is 13.8 Å². The summed E-state index contributed by atoms with van der Waals surface area (Å²) in [5.74, 6) is 1.26. The second kappa shape index (κ2) is 6.18. The van der Waals surface area contributed by atoms with Crippen LogP contribution in [0.3, 0.4) is 0 Å². The molecule has 0 bridgehead atoms. The van der Waals surface area contributed by atoms with Gasteiger partial charge in [0.1, 0.15) is 6.29 Å². The van der Waals surface area contributed by atoms with Crippen molar-refractivity contribution in [3.8, 4) is 0 Å². The third-order valence-corrected chi connectivity index (χ3v) is 4.93. The van der Waals surface area contributed by atoms with Crippen LogP contribution in [-0.4, -0.2) is 17.0 Å². The molecular weight excluding hydrogens is 224 g/mol. The molecule has 0 heterocycles. The van der Waals surface area contributed by atoms with Crippen LogP contribution < -0.4 is 0 Å². The van der Waals surface area contributed by atoms with Crippen molar-refractivity contribution in [1.82, 2.24) is 0 Å². The monoisotopic (exact) mass is 254 g/mol. The molecule has 1 rings (SSSR count). The van der Waals surface area contributed by atoms with Crippen molar-refractivity contribution in [2.45, 2.75) is 78.2 Å². The molecular formula is C16H30O2. The van der Waals surface area contributed by atoms with Gasteiger partial charge in [-0.2, -0.15) is 0 Å². The molecule has 2 heteroatoms. The number of hydrogen-bond donors (Lipinski definition) is 1. The van der Waals surface area contributed by atoms with Crippen LogP contribution in [0.1, 0.15) is 72.6 Å². The first-order valence-electron chi connectivity index (χ1n) is 7.43. The quantitative estimate of drug-likeness (QED) is 0.728. The van der Waals surface area contributed by atoms with E-state index in [-0.39, 0.29) is 5.41 Å². The van der Waals surface area contributed by atoms with Crippen LogP contribution in [0.4, 0.5) is 0 Å². The molecule has 0 aromatic carbocycles. The van der Waals surface area contributed by atoms with Gasteiger partial charge in [-0.1, -0.05) is 26.7 Å². The Hall–Kier alpha value is -0.370. The molecule has 0 saturated heterocycles. The predicted molar refractivity (Wildman–Crippen MR) is 75.4 cm³/mol. The van der Waals surface area contributed by atoms with Crippen LogP contribution in [0.15, 0.2) is 0 Å². The smallest absolute Gasteiger partial charge is 0.120 e. The molecule has 0 aliphatic heterocycles. The highest BCUT2D eigenvalue weighted by molar-refractivity contribution is 5.50. The summed E-state index contributed by atoms with van der Waals surface area (Å²) in [6.07, 6.45) is 8.70. The van der Waals surface area contributed by atoms with Gasteiger partial charge in [0.15, 0.2) is 0 Å². The molecule has 0 aromatic rings. The number of aliphatic hydroxyl groups is 1. The maximum atomic E-state index is 10.8. The summed E-state index contributed by atoms with van der Waals surface area (Å²) in [4.78, 5) is 10.8. The average Bonchev–Trinajstić information content (AvgIpc) is 2.22. The van der Waals surface area contributed by atoms with Gasteiger partial charge in [-0.3, -0.25) is 0 Å². The van der Waals surface area contributed by atoms with E-state index < -0.39 is 5.60 Å². The van der Waals surface area contributed by atoms with Crippen molar-refractivity contribution in [2.24, 2.45) is 17.3 Å². The van der Waals surface area contributed by atoms with Gasteiger partial charge in [0.25, 0.3) is 0 Å². The molecule has 1 fully saturated rings. The summed E-state index contributed by atoms with van der Waals surface area (Å²) in [6.45, 7) is 8.42. The molecule has 18 heavy (non-hydrogen) atoms. The third-order valence-electron chi connectivity index (χ3n) is 4.93. The number of carbonyl (C=O) groups excluding carboxylic acids is 1. The van der Waals surface area contributed by atoms with Crippen LogP contribution in [0.25, 0.3) is 0 Å². The summed E-state index contributed by atoms with van der Waals surface area (Å²) in [6, 6.07) is 0. The highest BCUT2D eigenvalue weighted by atomic mass is 16.3. The highest BCUT2D eigenvalue weighted by Gasteiger charge is 2.39. The van der Waals surface area contributed by atoms with Gasteiger partial charge < -0.3 is 9.90 Å². The lowest BCUT2D eigenvalue weighted by Crippen LogP contribution is -2.37. The Morgan fingerprint density at radius 1 is 1.28 bits per heavy atom.